The smallest absolute Gasteiger partial charge is 0.337 e. The number of fused-ring (bicyclic) bond motifs is 2. The molecule has 0 bridgehead atoms. The van der Waals surface area contributed by atoms with Crippen LogP contribution in [0.4, 0.5) is 4.39 Å². The molecule has 3 aromatic carbocycles. The number of para-hydroxylation sites is 1. The number of hydrogen-bond donors (Lipinski definition) is 0. The van der Waals surface area contributed by atoms with Crippen molar-refractivity contribution in [2.75, 3.05) is 26.8 Å². The molecule has 2 saturated heterocycles. The van der Waals surface area contributed by atoms with Crippen LogP contribution in [0.15, 0.2) is 54.6 Å². The Hall–Kier alpha value is -3.66. The molecule has 10 heteroatoms. The molecule has 0 saturated carbocycles. The first-order valence-corrected chi connectivity index (χ1v) is 15.1. The Labute approximate surface area is 254 Å². The van der Waals surface area contributed by atoms with E-state index in [4.69, 9.17) is 35.5 Å². The Morgan fingerprint density at radius 2 is 1.93 bits per heavy atom. The molecule has 0 spiro atoms. The van der Waals surface area contributed by atoms with E-state index in [1.807, 2.05) is 18.2 Å². The van der Waals surface area contributed by atoms with Crippen LogP contribution in [0.3, 0.4) is 0 Å². The highest BCUT2D eigenvalue weighted by Gasteiger charge is 2.43. The average molecular weight is 606 g/mol. The van der Waals surface area contributed by atoms with Crippen molar-refractivity contribution < 1.29 is 28.1 Å². The number of benzene rings is 3. The van der Waals surface area contributed by atoms with Crippen molar-refractivity contribution in [1.82, 2.24) is 14.5 Å². The lowest BCUT2D eigenvalue weighted by atomic mass is 9.88. The van der Waals surface area contributed by atoms with Gasteiger partial charge in [-0.1, -0.05) is 23.7 Å². The van der Waals surface area contributed by atoms with Crippen LogP contribution in [-0.4, -0.2) is 53.3 Å². The lowest BCUT2D eigenvalue weighted by Gasteiger charge is -2.33. The number of halogens is 2. The molecule has 0 amide bonds. The zero-order valence-electron chi connectivity index (χ0n) is 24.1. The first-order chi connectivity index (χ1) is 20.8. The van der Waals surface area contributed by atoms with Crippen LogP contribution in [0.5, 0.6) is 11.5 Å². The van der Waals surface area contributed by atoms with Crippen LogP contribution in [0.25, 0.3) is 11.0 Å². The number of aromatic nitrogens is 2. The summed E-state index contributed by atoms with van der Waals surface area (Å²) >= 11 is 5.98. The summed E-state index contributed by atoms with van der Waals surface area (Å²) in [5.41, 5.74) is 3.65. The number of carbonyl (C=O) groups is 1. The number of hydrogen-bond acceptors (Lipinski definition) is 7. The largest absolute Gasteiger partial charge is 0.465 e. The van der Waals surface area contributed by atoms with Gasteiger partial charge in [0.1, 0.15) is 11.6 Å². The molecule has 7 rings (SSSR count). The highest BCUT2D eigenvalue weighted by molar-refractivity contribution is 6.30. The van der Waals surface area contributed by atoms with E-state index >= 15 is 0 Å². The standard InChI is InChI=1S/C33H33ClFN3O5/c1-33(25-8-7-22(34)17-26(25)35)42-29-5-3-4-24(31(29)43-33)20-10-13-37(14-11-20)19-30-36-27-16-21(32(39)40-2)6-9-28(27)38(30)18-23-12-15-41-23/h3-9,16-17,20,23H,10-15,18-19H2,1-2H3. The van der Waals surface area contributed by atoms with Crippen molar-refractivity contribution in [3.05, 3.63) is 88.0 Å². The number of methoxy groups -OCH3 is 1. The van der Waals surface area contributed by atoms with Gasteiger partial charge in [-0.05, 0) is 80.7 Å². The van der Waals surface area contributed by atoms with Crippen molar-refractivity contribution >= 4 is 28.6 Å². The lowest BCUT2D eigenvalue weighted by molar-refractivity contribution is -0.0712. The summed E-state index contributed by atoms with van der Waals surface area (Å²) in [5, 5.41) is 0.325. The lowest BCUT2D eigenvalue weighted by Crippen LogP contribution is -2.35. The van der Waals surface area contributed by atoms with Crippen LogP contribution < -0.4 is 9.47 Å². The maximum Gasteiger partial charge on any atom is 0.337 e. The summed E-state index contributed by atoms with van der Waals surface area (Å²) in [6.07, 6.45) is 3.08. The molecule has 43 heavy (non-hydrogen) atoms. The number of esters is 1. The van der Waals surface area contributed by atoms with Gasteiger partial charge in [-0.3, -0.25) is 4.90 Å². The number of piperidine rings is 1. The summed E-state index contributed by atoms with van der Waals surface area (Å²) < 4.78 is 40.3. The number of nitrogens with zero attached hydrogens (tertiary/aromatic N) is 3. The molecular formula is C33H33ClFN3O5. The van der Waals surface area contributed by atoms with Gasteiger partial charge >= 0.3 is 5.97 Å². The molecule has 224 valence electrons. The minimum absolute atomic E-state index is 0.177. The van der Waals surface area contributed by atoms with Crippen molar-refractivity contribution in [3.8, 4) is 11.5 Å². The molecule has 4 aromatic rings. The first kappa shape index (κ1) is 28.1. The zero-order chi connectivity index (χ0) is 29.7. The highest BCUT2D eigenvalue weighted by Crippen LogP contribution is 2.49. The van der Waals surface area contributed by atoms with Crippen LogP contribution in [0.1, 0.15) is 59.4 Å². The van der Waals surface area contributed by atoms with Gasteiger partial charge in [0.15, 0.2) is 11.5 Å². The van der Waals surface area contributed by atoms with E-state index in [-0.39, 0.29) is 18.0 Å². The molecular weight excluding hydrogens is 573 g/mol. The summed E-state index contributed by atoms with van der Waals surface area (Å²) in [5.74, 6) is 0.430. The third kappa shape index (κ3) is 5.24. The van der Waals surface area contributed by atoms with Crippen LogP contribution in [0.2, 0.25) is 5.02 Å². The fraction of sp³-hybridized carbons (Fsp3) is 0.394. The topological polar surface area (TPSA) is 75.0 Å². The second kappa shape index (κ2) is 11.1. The summed E-state index contributed by atoms with van der Waals surface area (Å²) in [6, 6.07) is 16.0. The van der Waals surface area contributed by atoms with Crippen LogP contribution in [-0.2, 0) is 28.4 Å². The molecule has 3 aliphatic heterocycles. The van der Waals surface area contributed by atoms with Crippen LogP contribution in [0, 0.1) is 5.82 Å². The van der Waals surface area contributed by atoms with E-state index in [1.165, 1.54) is 13.2 Å². The van der Waals surface area contributed by atoms with E-state index in [0.717, 1.165) is 67.9 Å². The molecule has 1 aromatic heterocycles. The van der Waals surface area contributed by atoms with Crippen molar-refractivity contribution in [2.24, 2.45) is 0 Å². The maximum atomic E-state index is 14.8. The number of carbonyl (C=O) groups excluding carboxylic acids is 1. The molecule has 3 aliphatic rings. The Morgan fingerprint density at radius 3 is 2.65 bits per heavy atom. The summed E-state index contributed by atoms with van der Waals surface area (Å²) in [6.45, 7) is 5.73. The molecule has 0 N–H and O–H groups in total. The van der Waals surface area contributed by atoms with Crippen LogP contribution >= 0.6 is 11.6 Å². The summed E-state index contributed by atoms with van der Waals surface area (Å²) in [7, 11) is 1.38. The summed E-state index contributed by atoms with van der Waals surface area (Å²) in [4.78, 5) is 19.5. The van der Waals surface area contributed by atoms with Gasteiger partial charge in [0, 0.05) is 24.1 Å². The number of likely N-dealkylation sites (tertiary alicyclic amines) is 1. The van der Waals surface area contributed by atoms with E-state index < -0.39 is 11.6 Å². The molecule has 8 nitrogen and oxygen atoms in total. The minimum atomic E-state index is -1.27. The number of rotatable bonds is 7. The highest BCUT2D eigenvalue weighted by atomic mass is 35.5. The second-order valence-electron chi connectivity index (χ2n) is 11.6. The number of imidazole rings is 1. The Kier molecular flexibility index (Phi) is 7.27. The Bertz CT molecular complexity index is 1700. The molecule has 2 unspecified atom stereocenters. The normalized spacial score (nSPS) is 22.1. The van der Waals surface area contributed by atoms with Gasteiger partial charge in [-0.25, -0.2) is 14.2 Å². The monoisotopic (exact) mass is 605 g/mol. The second-order valence-corrected chi connectivity index (χ2v) is 12.1. The van der Waals surface area contributed by atoms with E-state index in [2.05, 4.69) is 15.5 Å². The Morgan fingerprint density at radius 1 is 1.12 bits per heavy atom. The Balaban J connectivity index is 1.08. The fourth-order valence-electron chi connectivity index (χ4n) is 6.42. The van der Waals surface area contributed by atoms with Gasteiger partial charge in [0.05, 0.1) is 48.5 Å². The van der Waals surface area contributed by atoms with Gasteiger partial charge in [-0.15, -0.1) is 0 Å². The van der Waals surface area contributed by atoms with Gasteiger partial charge in [-0.2, -0.15) is 0 Å². The van der Waals surface area contributed by atoms with Gasteiger partial charge < -0.3 is 23.5 Å². The van der Waals surface area contributed by atoms with E-state index in [0.29, 0.717) is 34.2 Å². The van der Waals surface area contributed by atoms with E-state index in [9.17, 15) is 9.18 Å². The minimum Gasteiger partial charge on any atom is -0.465 e. The molecule has 0 radical (unpaired) electrons. The van der Waals surface area contributed by atoms with Crippen molar-refractivity contribution in [2.45, 2.75) is 57.1 Å². The molecule has 2 fully saturated rings. The van der Waals surface area contributed by atoms with Gasteiger partial charge in [0.25, 0.3) is 5.79 Å². The predicted octanol–water partition coefficient (Wildman–Crippen LogP) is 6.43. The zero-order valence-corrected chi connectivity index (χ0v) is 24.9. The SMILES string of the molecule is COC(=O)c1ccc2c(c1)nc(CN1CCC(c3cccc4c3OC(C)(c3ccc(Cl)cc3F)O4)CC1)n2CC1CCO1. The maximum absolute atomic E-state index is 14.8. The average Bonchev–Trinajstić information content (AvgIpc) is 3.50. The predicted molar refractivity (Wildman–Crippen MR) is 159 cm³/mol. The van der Waals surface area contributed by atoms with Crippen molar-refractivity contribution in [1.29, 1.82) is 0 Å². The van der Waals surface area contributed by atoms with E-state index in [1.54, 1.807) is 31.2 Å². The third-order valence-corrected chi connectivity index (χ3v) is 9.09. The number of ether oxygens (including phenoxy) is 4. The molecule has 0 aliphatic carbocycles. The fourth-order valence-corrected chi connectivity index (χ4v) is 6.58. The van der Waals surface area contributed by atoms with Crippen molar-refractivity contribution in [3.63, 3.8) is 0 Å². The quantitative estimate of drug-likeness (QED) is 0.225. The molecule has 2 atom stereocenters. The third-order valence-electron chi connectivity index (χ3n) is 8.85. The molecule has 4 heterocycles. The first-order valence-electron chi connectivity index (χ1n) is 14.7. The van der Waals surface area contributed by atoms with Gasteiger partial charge in [0.2, 0.25) is 0 Å².